The lowest BCUT2D eigenvalue weighted by molar-refractivity contribution is -0.137. The number of nitrogens with zero attached hydrogens (tertiary/aromatic N) is 1. The van der Waals surface area contributed by atoms with Crippen LogP contribution >= 0.6 is 0 Å². The van der Waals surface area contributed by atoms with Gasteiger partial charge in [-0.15, -0.1) is 0 Å². The van der Waals surface area contributed by atoms with Gasteiger partial charge in [0.15, 0.2) is 0 Å². The molecule has 0 bridgehead atoms. The number of ether oxygens (including phenoxy) is 1. The van der Waals surface area contributed by atoms with Crippen LogP contribution in [0.1, 0.15) is 24.8 Å². The second kappa shape index (κ2) is 6.19. The van der Waals surface area contributed by atoms with Gasteiger partial charge in [0.2, 0.25) is 0 Å². The van der Waals surface area contributed by atoms with Crippen LogP contribution in [-0.2, 0) is 16.0 Å². The molecule has 4 heteroatoms. The first-order chi connectivity index (χ1) is 8.75. The van der Waals surface area contributed by atoms with Crippen molar-refractivity contribution in [3.05, 3.63) is 35.9 Å². The SMILES string of the molecule is O=C(Cc1ccccc1)OC(=O)N1CCCCC1. The number of likely N-dealkylation sites (tertiary alicyclic amines) is 1. The van der Waals surface area contributed by atoms with Crippen molar-refractivity contribution in [1.82, 2.24) is 4.90 Å². The average molecular weight is 247 g/mol. The smallest absolute Gasteiger partial charge is 0.376 e. The molecule has 1 fully saturated rings. The molecule has 0 aromatic heterocycles. The van der Waals surface area contributed by atoms with Crippen molar-refractivity contribution in [3.63, 3.8) is 0 Å². The Morgan fingerprint density at radius 1 is 1.06 bits per heavy atom. The number of hydrogen-bond acceptors (Lipinski definition) is 3. The predicted molar refractivity (Wildman–Crippen MR) is 67.1 cm³/mol. The zero-order valence-electron chi connectivity index (χ0n) is 10.3. The molecule has 1 heterocycles. The van der Waals surface area contributed by atoms with Gasteiger partial charge in [-0.3, -0.25) is 4.79 Å². The second-order valence-electron chi connectivity index (χ2n) is 4.45. The first kappa shape index (κ1) is 12.6. The Bertz CT molecular complexity index is 410. The summed E-state index contributed by atoms with van der Waals surface area (Å²) in [7, 11) is 0. The maximum Gasteiger partial charge on any atom is 0.417 e. The molecule has 1 aliphatic heterocycles. The minimum atomic E-state index is -0.504. The van der Waals surface area contributed by atoms with Crippen molar-refractivity contribution in [1.29, 1.82) is 0 Å². The van der Waals surface area contributed by atoms with Crippen LogP contribution in [0.25, 0.3) is 0 Å². The summed E-state index contributed by atoms with van der Waals surface area (Å²) >= 11 is 0. The molecule has 0 radical (unpaired) electrons. The zero-order chi connectivity index (χ0) is 12.8. The van der Waals surface area contributed by atoms with Crippen molar-refractivity contribution in [2.75, 3.05) is 13.1 Å². The molecule has 4 nitrogen and oxygen atoms in total. The number of hydrogen-bond donors (Lipinski definition) is 0. The number of esters is 1. The number of amides is 1. The maximum atomic E-state index is 11.7. The van der Waals surface area contributed by atoms with Gasteiger partial charge in [0.05, 0.1) is 6.42 Å². The van der Waals surface area contributed by atoms with E-state index >= 15 is 0 Å². The third-order valence-electron chi connectivity index (χ3n) is 3.01. The van der Waals surface area contributed by atoms with E-state index in [1.54, 1.807) is 4.90 Å². The Hall–Kier alpha value is -1.84. The lowest BCUT2D eigenvalue weighted by Gasteiger charge is -2.25. The van der Waals surface area contributed by atoms with E-state index < -0.39 is 12.1 Å². The number of benzene rings is 1. The van der Waals surface area contributed by atoms with Crippen LogP contribution < -0.4 is 0 Å². The molecule has 1 aliphatic rings. The van der Waals surface area contributed by atoms with E-state index in [2.05, 4.69) is 0 Å². The summed E-state index contributed by atoms with van der Waals surface area (Å²) in [6, 6.07) is 9.27. The van der Waals surface area contributed by atoms with Crippen molar-refractivity contribution >= 4 is 12.1 Å². The molecule has 18 heavy (non-hydrogen) atoms. The summed E-state index contributed by atoms with van der Waals surface area (Å²) < 4.78 is 4.84. The van der Waals surface area contributed by atoms with Crippen LogP contribution in [0, 0.1) is 0 Å². The van der Waals surface area contributed by atoms with Gasteiger partial charge in [0, 0.05) is 13.1 Å². The Morgan fingerprint density at radius 3 is 2.39 bits per heavy atom. The third-order valence-corrected chi connectivity index (χ3v) is 3.01. The minimum Gasteiger partial charge on any atom is -0.376 e. The molecular weight excluding hydrogens is 230 g/mol. The highest BCUT2D eigenvalue weighted by molar-refractivity contribution is 5.85. The van der Waals surface area contributed by atoms with Crippen LogP contribution in [0.3, 0.4) is 0 Å². The van der Waals surface area contributed by atoms with Gasteiger partial charge in [0.25, 0.3) is 0 Å². The third kappa shape index (κ3) is 3.58. The van der Waals surface area contributed by atoms with E-state index in [0.29, 0.717) is 13.1 Å². The molecule has 0 N–H and O–H groups in total. The molecule has 0 atom stereocenters. The van der Waals surface area contributed by atoms with Gasteiger partial charge in [0.1, 0.15) is 0 Å². The van der Waals surface area contributed by atoms with E-state index in [4.69, 9.17) is 4.74 Å². The summed E-state index contributed by atoms with van der Waals surface area (Å²) in [5.74, 6) is -0.489. The molecule has 1 aromatic carbocycles. The van der Waals surface area contributed by atoms with Gasteiger partial charge in [-0.1, -0.05) is 30.3 Å². The van der Waals surface area contributed by atoms with Gasteiger partial charge >= 0.3 is 12.1 Å². The first-order valence-corrected chi connectivity index (χ1v) is 6.29. The van der Waals surface area contributed by atoms with Gasteiger partial charge in [-0.25, -0.2) is 4.79 Å². The Balaban J connectivity index is 1.82. The summed E-state index contributed by atoms with van der Waals surface area (Å²) in [5.41, 5.74) is 0.856. The van der Waals surface area contributed by atoms with Gasteiger partial charge in [-0.2, -0.15) is 0 Å². The fourth-order valence-corrected chi connectivity index (χ4v) is 2.04. The zero-order valence-corrected chi connectivity index (χ0v) is 10.3. The molecule has 0 saturated carbocycles. The molecule has 0 spiro atoms. The predicted octanol–water partition coefficient (Wildman–Crippen LogP) is 2.38. The van der Waals surface area contributed by atoms with Crippen LogP contribution in [0.2, 0.25) is 0 Å². The molecule has 2 rings (SSSR count). The molecule has 1 amide bonds. The lowest BCUT2D eigenvalue weighted by atomic mass is 10.1. The van der Waals surface area contributed by atoms with E-state index in [1.165, 1.54) is 0 Å². The average Bonchev–Trinajstić information content (AvgIpc) is 2.40. The Labute approximate surface area is 107 Å². The minimum absolute atomic E-state index is 0.139. The van der Waals surface area contributed by atoms with Crippen molar-refractivity contribution < 1.29 is 14.3 Å². The van der Waals surface area contributed by atoms with Crippen molar-refractivity contribution in [2.24, 2.45) is 0 Å². The highest BCUT2D eigenvalue weighted by atomic mass is 16.6. The molecule has 1 saturated heterocycles. The first-order valence-electron chi connectivity index (χ1n) is 6.29. The summed E-state index contributed by atoms with van der Waals surface area (Å²) in [6.45, 7) is 1.38. The Kier molecular flexibility index (Phi) is 4.34. The number of rotatable bonds is 2. The highest BCUT2D eigenvalue weighted by Gasteiger charge is 2.20. The second-order valence-corrected chi connectivity index (χ2v) is 4.45. The topological polar surface area (TPSA) is 46.6 Å². The molecule has 0 unspecified atom stereocenters. The van der Waals surface area contributed by atoms with Crippen LogP contribution in [-0.4, -0.2) is 30.1 Å². The summed E-state index contributed by atoms with van der Waals surface area (Å²) in [5, 5.41) is 0. The summed E-state index contributed by atoms with van der Waals surface area (Å²) in [6.07, 6.45) is 2.75. The fraction of sp³-hybridized carbons (Fsp3) is 0.429. The Morgan fingerprint density at radius 2 is 1.72 bits per heavy atom. The highest BCUT2D eigenvalue weighted by Crippen LogP contribution is 2.10. The molecule has 1 aromatic rings. The van der Waals surface area contributed by atoms with Gasteiger partial charge < -0.3 is 9.64 Å². The van der Waals surface area contributed by atoms with E-state index in [-0.39, 0.29) is 6.42 Å². The number of piperidine rings is 1. The summed E-state index contributed by atoms with van der Waals surface area (Å²) in [4.78, 5) is 24.9. The normalized spacial score (nSPS) is 15.2. The number of carbonyl (C=O) groups excluding carboxylic acids is 2. The quantitative estimate of drug-likeness (QED) is 0.595. The van der Waals surface area contributed by atoms with Crippen LogP contribution in [0.15, 0.2) is 30.3 Å². The lowest BCUT2D eigenvalue weighted by Crippen LogP contribution is -2.37. The maximum absolute atomic E-state index is 11.7. The molecular formula is C14H17NO3. The van der Waals surface area contributed by atoms with Crippen LogP contribution in [0.4, 0.5) is 4.79 Å². The standard InChI is InChI=1S/C14H17NO3/c16-13(11-12-7-3-1-4-8-12)18-14(17)15-9-5-2-6-10-15/h1,3-4,7-8H,2,5-6,9-11H2. The van der Waals surface area contributed by atoms with Crippen LogP contribution in [0.5, 0.6) is 0 Å². The van der Waals surface area contributed by atoms with Crippen molar-refractivity contribution in [3.8, 4) is 0 Å². The van der Waals surface area contributed by atoms with Gasteiger partial charge in [-0.05, 0) is 24.8 Å². The fourth-order valence-electron chi connectivity index (χ4n) is 2.04. The molecule has 0 aliphatic carbocycles. The number of carbonyl (C=O) groups is 2. The van der Waals surface area contributed by atoms with E-state index in [1.807, 2.05) is 30.3 Å². The van der Waals surface area contributed by atoms with Crippen molar-refractivity contribution in [2.45, 2.75) is 25.7 Å². The monoisotopic (exact) mass is 247 g/mol. The largest absolute Gasteiger partial charge is 0.417 e. The van der Waals surface area contributed by atoms with E-state index in [0.717, 1.165) is 24.8 Å². The molecule has 96 valence electrons. The van der Waals surface area contributed by atoms with E-state index in [9.17, 15) is 9.59 Å².